The molecule has 0 saturated heterocycles. The molecule has 0 aliphatic heterocycles. The van der Waals surface area contributed by atoms with Crippen LogP contribution in [0.15, 0.2) is 65.6 Å². The van der Waals surface area contributed by atoms with Crippen molar-refractivity contribution in [1.82, 2.24) is 4.98 Å². The summed E-state index contributed by atoms with van der Waals surface area (Å²) in [6, 6.07) is 16.4. The fourth-order valence-electron chi connectivity index (χ4n) is 1.84. The van der Waals surface area contributed by atoms with E-state index in [1.807, 2.05) is 42.5 Å². The lowest BCUT2D eigenvalue weighted by Crippen LogP contribution is -1.99. The predicted molar refractivity (Wildman–Crippen MR) is 71.1 cm³/mol. The molecule has 18 heavy (non-hydrogen) atoms. The lowest BCUT2D eigenvalue weighted by molar-refractivity contribution is 0.483. The van der Waals surface area contributed by atoms with Crippen LogP contribution in [0.25, 0.3) is 10.9 Å². The number of pyridine rings is 1. The Labute approximate surface area is 104 Å². The number of aromatic amines is 1. The largest absolute Gasteiger partial charge is 0.457 e. The minimum atomic E-state index is -0.0118. The summed E-state index contributed by atoms with van der Waals surface area (Å²) in [5, 5.41) is 0.630. The first-order valence-corrected chi connectivity index (χ1v) is 5.67. The van der Waals surface area contributed by atoms with Crippen LogP contribution >= 0.6 is 0 Å². The lowest BCUT2D eigenvalue weighted by Gasteiger charge is -2.06. The molecule has 0 amide bonds. The van der Waals surface area contributed by atoms with Crippen molar-refractivity contribution in [1.29, 1.82) is 0 Å². The fraction of sp³-hybridized carbons (Fsp3) is 0. The van der Waals surface area contributed by atoms with Crippen molar-refractivity contribution < 1.29 is 4.74 Å². The second-order valence-electron chi connectivity index (χ2n) is 3.96. The summed E-state index contributed by atoms with van der Waals surface area (Å²) < 4.78 is 5.69. The number of hydrogen-bond acceptors (Lipinski definition) is 2. The average molecular weight is 237 g/mol. The van der Waals surface area contributed by atoms with Gasteiger partial charge in [0.05, 0.1) is 0 Å². The van der Waals surface area contributed by atoms with E-state index < -0.39 is 0 Å². The van der Waals surface area contributed by atoms with Crippen LogP contribution in [0.2, 0.25) is 0 Å². The molecule has 88 valence electrons. The number of nitrogens with one attached hydrogen (secondary N) is 1. The van der Waals surface area contributed by atoms with E-state index >= 15 is 0 Å². The third-order valence-corrected chi connectivity index (χ3v) is 2.71. The lowest BCUT2D eigenvalue weighted by atomic mass is 10.2. The SMILES string of the molecule is O=c1cc[nH]c2ccc(Oc3ccccc3)cc12. The Morgan fingerprint density at radius 2 is 1.72 bits per heavy atom. The van der Waals surface area contributed by atoms with Crippen molar-refractivity contribution in [2.45, 2.75) is 0 Å². The van der Waals surface area contributed by atoms with E-state index in [0.717, 1.165) is 11.3 Å². The van der Waals surface area contributed by atoms with Gasteiger partial charge in [-0.1, -0.05) is 18.2 Å². The van der Waals surface area contributed by atoms with Crippen molar-refractivity contribution >= 4 is 10.9 Å². The van der Waals surface area contributed by atoms with Gasteiger partial charge in [-0.3, -0.25) is 4.79 Å². The quantitative estimate of drug-likeness (QED) is 0.742. The Morgan fingerprint density at radius 1 is 0.889 bits per heavy atom. The maximum Gasteiger partial charge on any atom is 0.189 e. The van der Waals surface area contributed by atoms with Crippen molar-refractivity contribution in [2.24, 2.45) is 0 Å². The Hall–Kier alpha value is -2.55. The van der Waals surface area contributed by atoms with Crippen molar-refractivity contribution in [3.63, 3.8) is 0 Å². The number of fused-ring (bicyclic) bond motifs is 1. The van der Waals surface area contributed by atoms with Gasteiger partial charge in [-0.15, -0.1) is 0 Å². The maximum absolute atomic E-state index is 11.7. The molecule has 0 spiro atoms. The van der Waals surface area contributed by atoms with Crippen LogP contribution in [0.1, 0.15) is 0 Å². The summed E-state index contributed by atoms with van der Waals surface area (Å²) >= 11 is 0. The maximum atomic E-state index is 11.7. The highest BCUT2D eigenvalue weighted by Crippen LogP contribution is 2.23. The zero-order valence-electron chi connectivity index (χ0n) is 9.59. The monoisotopic (exact) mass is 237 g/mol. The van der Waals surface area contributed by atoms with Gasteiger partial charge in [0, 0.05) is 23.2 Å². The Kier molecular flexibility index (Phi) is 2.57. The van der Waals surface area contributed by atoms with Gasteiger partial charge in [0.25, 0.3) is 0 Å². The van der Waals surface area contributed by atoms with Gasteiger partial charge in [-0.2, -0.15) is 0 Å². The number of rotatable bonds is 2. The molecule has 3 aromatic rings. The standard InChI is InChI=1S/C15H11NO2/c17-15-8-9-16-14-7-6-12(10-13(14)15)18-11-4-2-1-3-5-11/h1-10H,(H,16,17). The molecule has 0 atom stereocenters. The zero-order chi connectivity index (χ0) is 12.4. The van der Waals surface area contributed by atoms with Crippen LogP contribution in [0.5, 0.6) is 11.5 Å². The van der Waals surface area contributed by atoms with E-state index in [9.17, 15) is 4.79 Å². The number of ether oxygens (including phenoxy) is 1. The molecule has 0 fully saturated rings. The van der Waals surface area contributed by atoms with Gasteiger partial charge in [-0.05, 0) is 30.3 Å². The third-order valence-electron chi connectivity index (χ3n) is 2.71. The summed E-state index contributed by atoms with van der Waals surface area (Å²) in [5.41, 5.74) is 0.796. The molecular weight excluding hydrogens is 226 g/mol. The molecule has 1 aromatic heterocycles. The van der Waals surface area contributed by atoms with Crippen LogP contribution in [0.4, 0.5) is 0 Å². The summed E-state index contributed by atoms with van der Waals surface area (Å²) in [6.45, 7) is 0. The minimum Gasteiger partial charge on any atom is -0.457 e. The first-order chi connectivity index (χ1) is 8.83. The van der Waals surface area contributed by atoms with E-state index in [1.54, 1.807) is 12.3 Å². The van der Waals surface area contributed by atoms with Crippen molar-refractivity contribution in [2.75, 3.05) is 0 Å². The van der Waals surface area contributed by atoms with E-state index in [-0.39, 0.29) is 5.43 Å². The molecule has 1 N–H and O–H groups in total. The Morgan fingerprint density at radius 3 is 2.56 bits per heavy atom. The molecule has 0 aliphatic rings. The highest BCUT2D eigenvalue weighted by molar-refractivity contribution is 5.79. The third kappa shape index (κ3) is 1.98. The smallest absolute Gasteiger partial charge is 0.189 e. The number of H-pyrrole nitrogens is 1. The summed E-state index contributed by atoms with van der Waals surface area (Å²) in [5.74, 6) is 1.41. The molecule has 3 rings (SSSR count). The second-order valence-corrected chi connectivity index (χ2v) is 3.96. The van der Waals surface area contributed by atoms with Gasteiger partial charge >= 0.3 is 0 Å². The number of hydrogen-bond donors (Lipinski definition) is 1. The van der Waals surface area contributed by atoms with Crippen LogP contribution in [0.3, 0.4) is 0 Å². The van der Waals surface area contributed by atoms with Crippen molar-refractivity contribution in [3.8, 4) is 11.5 Å². The second kappa shape index (κ2) is 4.37. The number of para-hydroxylation sites is 1. The first kappa shape index (κ1) is 10.6. The van der Waals surface area contributed by atoms with E-state index in [0.29, 0.717) is 11.1 Å². The highest BCUT2D eigenvalue weighted by atomic mass is 16.5. The molecule has 1 heterocycles. The number of aromatic nitrogens is 1. The zero-order valence-corrected chi connectivity index (χ0v) is 9.59. The van der Waals surface area contributed by atoms with Crippen LogP contribution in [-0.4, -0.2) is 4.98 Å². The molecular formula is C15H11NO2. The first-order valence-electron chi connectivity index (χ1n) is 5.67. The molecule has 0 saturated carbocycles. The van der Waals surface area contributed by atoms with Crippen LogP contribution in [0, 0.1) is 0 Å². The van der Waals surface area contributed by atoms with Crippen LogP contribution < -0.4 is 10.2 Å². The van der Waals surface area contributed by atoms with Gasteiger partial charge in [0.2, 0.25) is 0 Å². The Bertz CT molecular complexity index is 732. The van der Waals surface area contributed by atoms with E-state index in [2.05, 4.69) is 4.98 Å². The summed E-state index contributed by atoms with van der Waals surface area (Å²) in [6.07, 6.45) is 1.64. The normalized spacial score (nSPS) is 10.4. The topological polar surface area (TPSA) is 42.1 Å². The number of benzene rings is 2. The highest BCUT2D eigenvalue weighted by Gasteiger charge is 2.01. The predicted octanol–water partition coefficient (Wildman–Crippen LogP) is 3.32. The van der Waals surface area contributed by atoms with Crippen LogP contribution in [-0.2, 0) is 0 Å². The summed E-state index contributed by atoms with van der Waals surface area (Å²) in [7, 11) is 0. The molecule has 0 unspecified atom stereocenters. The molecule has 2 aromatic carbocycles. The molecule has 0 radical (unpaired) electrons. The van der Waals surface area contributed by atoms with Gasteiger partial charge in [0.1, 0.15) is 11.5 Å². The van der Waals surface area contributed by atoms with Gasteiger partial charge in [-0.25, -0.2) is 0 Å². The molecule has 0 aliphatic carbocycles. The Balaban J connectivity index is 2.04. The fourth-order valence-corrected chi connectivity index (χ4v) is 1.84. The average Bonchev–Trinajstić information content (AvgIpc) is 2.41. The molecule has 3 heteroatoms. The van der Waals surface area contributed by atoms with Gasteiger partial charge < -0.3 is 9.72 Å². The molecule has 0 bridgehead atoms. The summed E-state index contributed by atoms with van der Waals surface area (Å²) in [4.78, 5) is 14.7. The van der Waals surface area contributed by atoms with Crippen molar-refractivity contribution in [3.05, 3.63) is 71.0 Å². The van der Waals surface area contributed by atoms with Gasteiger partial charge in [0.15, 0.2) is 5.43 Å². The van der Waals surface area contributed by atoms with E-state index in [4.69, 9.17) is 4.74 Å². The molecule has 3 nitrogen and oxygen atoms in total. The van der Waals surface area contributed by atoms with E-state index in [1.165, 1.54) is 6.07 Å². The minimum absolute atomic E-state index is 0.0118.